The molecule has 0 radical (unpaired) electrons. The van der Waals surface area contributed by atoms with Crippen molar-refractivity contribution in [3.05, 3.63) is 30.3 Å². The molecule has 0 spiro atoms. The zero-order valence-electron chi connectivity index (χ0n) is 8.53. The summed E-state index contributed by atoms with van der Waals surface area (Å²) in [5.41, 5.74) is 0.690. The summed E-state index contributed by atoms with van der Waals surface area (Å²) in [6, 6.07) is 9.22. The van der Waals surface area contributed by atoms with Crippen molar-refractivity contribution in [2.24, 2.45) is 4.36 Å². The largest absolute Gasteiger partial charge is 0.241 e. The standard InChI is InChI=1S/C9H14ClNOSSi/c1-14(2,3)13(10,12)11-9-7-5-4-6-8-9/h4-8H,1-3H3. The van der Waals surface area contributed by atoms with E-state index in [9.17, 15) is 4.21 Å². The van der Waals surface area contributed by atoms with Gasteiger partial charge in [0.05, 0.1) is 5.69 Å². The minimum atomic E-state index is -2.56. The summed E-state index contributed by atoms with van der Waals surface area (Å²) in [5.74, 6) is 0. The van der Waals surface area contributed by atoms with E-state index >= 15 is 0 Å². The predicted octanol–water partition coefficient (Wildman–Crippen LogP) is 3.77. The molecule has 0 aliphatic heterocycles. The number of halogens is 1. The van der Waals surface area contributed by atoms with Crippen LogP contribution in [0.25, 0.3) is 0 Å². The van der Waals surface area contributed by atoms with Crippen molar-refractivity contribution in [1.82, 2.24) is 0 Å². The summed E-state index contributed by atoms with van der Waals surface area (Å²) in [7, 11) is 1.46. The highest BCUT2D eigenvalue weighted by Gasteiger charge is 2.28. The Bertz CT molecular complexity index is 418. The van der Waals surface area contributed by atoms with Gasteiger partial charge < -0.3 is 0 Å². The lowest BCUT2D eigenvalue weighted by Gasteiger charge is -2.15. The van der Waals surface area contributed by atoms with E-state index in [1.54, 1.807) is 0 Å². The molecule has 0 bridgehead atoms. The van der Waals surface area contributed by atoms with Crippen LogP contribution in [-0.2, 0) is 8.39 Å². The van der Waals surface area contributed by atoms with E-state index < -0.39 is 15.6 Å². The molecule has 0 aromatic heterocycles. The summed E-state index contributed by atoms with van der Waals surface area (Å²) >= 11 is 0. The fraction of sp³-hybridized carbons (Fsp3) is 0.333. The molecule has 0 saturated carbocycles. The second kappa shape index (κ2) is 4.04. The van der Waals surface area contributed by atoms with Crippen molar-refractivity contribution in [1.29, 1.82) is 0 Å². The molecule has 0 aliphatic rings. The molecule has 1 unspecified atom stereocenters. The average molecular weight is 248 g/mol. The highest BCUT2D eigenvalue weighted by Crippen LogP contribution is 2.24. The predicted molar refractivity (Wildman–Crippen MR) is 65.9 cm³/mol. The molecule has 0 aliphatic carbocycles. The topological polar surface area (TPSA) is 29.4 Å². The van der Waals surface area contributed by atoms with Gasteiger partial charge in [-0.25, -0.2) is 4.21 Å². The van der Waals surface area contributed by atoms with Crippen LogP contribution >= 0.6 is 10.7 Å². The van der Waals surface area contributed by atoms with Gasteiger partial charge in [-0.2, -0.15) is 4.36 Å². The van der Waals surface area contributed by atoms with Gasteiger partial charge in [-0.15, -0.1) is 0 Å². The Balaban J connectivity index is 3.18. The van der Waals surface area contributed by atoms with Gasteiger partial charge in [0.1, 0.15) is 8.39 Å². The van der Waals surface area contributed by atoms with E-state index in [4.69, 9.17) is 10.7 Å². The van der Waals surface area contributed by atoms with Crippen LogP contribution < -0.4 is 0 Å². The van der Waals surface area contributed by atoms with E-state index in [-0.39, 0.29) is 0 Å². The van der Waals surface area contributed by atoms with Crippen molar-refractivity contribution < 1.29 is 4.21 Å². The number of nitrogens with zero attached hydrogens (tertiary/aromatic N) is 1. The summed E-state index contributed by atoms with van der Waals surface area (Å²) in [5, 5.41) is 0. The summed E-state index contributed by atoms with van der Waals surface area (Å²) in [4.78, 5) is 0. The van der Waals surface area contributed by atoms with Crippen molar-refractivity contribution in [3.8, 4) is 0 Å². The van der Waals surface area contributed by atoms with Gasteiger partial charge in [0.2, 0.25) is 0 Å². The summed E-state index contributed by atoms with van der Waals surface area (Å²) in [6.45, 7) is 5.86. The van der Waals surface area contributed by atoms with E-state index in [0.29, 0.717) is 5.69 Å². The van der Waals surface area contributed by atoms with Crippen LogP contribution in [0.4, 0.5) is 5.69 Å². The van der Waals surface area contributed by atoms with Crippen molar-refractivity contribution in [2.75, 3.05) is 0 Å². The average Bonchev–Trinajstić information content (AvgIpc) is 2.03. The van der Waals surface area contributed by atoms with Gasteiger partial charge in [0.15, 0.2) is 7.22 Å². The van der Waals surface area contributed by atoms with Crippen molar-refractivity contribution in [2.45, 2.75) is 19.6 Å². The fourth-order valence-corrected chi connectivity index (χ4v) is 2.80. The lowest BCUT2D eigenvalue weighted by Crippen LogP contribution is -2.28. The maximum absolute atomic E-state index is 12.0. The first-order chi connectivity index (χ1) is 6.33. The molecule has 1 aromatic rings. The molecule has 5 heteroatoms. The van der Waals surface area contributed by atoms with Gasteiger partial charge in [0.25, 0.3) is 0 Å². The minimum Gasteiger partial charge on any atom is -0.241 e. The number of rotatable bonds is 2. The maximum atomic E-state index is 12.0. The highest BCUT2D eigenvalue weighted by atomic mass is 35.7. The molecular formula is C9H14ClNOSSi. The van der Waals surface area contributed by atoms with Crippen LogP contribution in [0, 0.1) is 0 Å². The third kappa shape index (κ3) is 2.83. The summed E-state index contributed by atoms with van der Waals surface area (Å²) < 4.78 is 16.2. The molecule has 0 heterocycles. The monoisotopic (exact) mass is 247 g/mol. The highest BCUT2D eigenvalue weighted by molar-refractivity contribution is 8.39. The molecule has 0 N–H and O–H groups in total. The maximum Gasteiger partial charge on any atom is 0.181 e. The molecule has 0 amide bonds. The van der Waals surface area contributed by atoms with Gasteiger partial charge in [-0.3, -0.25) is 0 Å². The zero-order chi connectivity index (χ0) is 10.8. The SMILES string of the molecule is C[Si](C)(C)S(=O)(Cl)=Nc1ccccc1. The molecule has 0 saturated heterocycles. The third-order valence-electron chi connectivity index (χ3n) is 1.73. The Labute approximate surface area is 90.6 Å². The molecule has 14 heavy (non-hydrogen) atoms. The van der Waals surface area contributed by atoms with Crippen molar-refractivity contribution >= 4 is 32.0 Å². The van der Waals surface area contributed by atoms with Crippen LogP contribution in [0.5, 0.6) is 0 Å². The molecular weight excluding hydrogens is 234 g/mol. The van der Waals surface area contributed by atoms with Crippen LogP contribution in [0.15, 0.2) is 34.7 Å². The first-order valence-corrected chi connectivity index (χ1v) is 10.9. The Morgan fingerprint density at radius 1 is 1.21 bits per heavy atom. The number of benzene rings is 1. The normalized spacial score (nSPS) is 16.0. The van der Waals surface area contributed by atoms with Crippen LogP contribution in [0.1, 0.15) is 0 Å². The Hall–Kier alpha value is -0.323. The summed E-state index contributed by atoms with van der Waals surface area (Å²) in [6.07, 6.45) is 0. The Morgan fingerprint density at radius 2 is 1.71 bits per heavy atom. The van der Waals surface area contributed by atoms with E-state index in [0.717, 1.165) is 0 Å². The van der Waals surface area contributed by atoms with Crippen LogP contribution in [-0.4, -0.2) is 11.4 Å². The smallest absolute Gasteiger partial charge is 0.181 e. The molecule has 1 rings (SSSR count). The zero-order valence-corrected chi connectivity index (χ0v) is 11.1. The third-order valence-corrected chi connectivity index (χ3v) is 12.9. The second-order valence-corrected chi connectivity index (χ2v) is 16.7. The first kappa shape index (κ1) is 11.7. The lowest BCUT2D eigenvalue weighted by atomic mass is 10.3. The first-order valence-electron chi connectivity index (χ1n) is 4.34. The van der Waals surface area contributed by atoms with E-state index in [1.807, 2.05) is 50.0 Å². The quantitative estimate of drug-likeness (QED) is 0.578. The molecule has 78 valence electrons. The lowest BCUT2D eigenvalue weighted by molar-refractivity contribution is 0.692. The molecule has 2 nitrogen and oxygen atoms in total. The second-order valence-electron chi connectivity index (χ2n) is 4.00. The Morgan fingerprint density at radius 3 is 2.14 bits per heavy atom. The van der Waals surface area contributed by atoms with Crippen LogP contribution in [0.3, 0.4) is 0 Å². The number of hydrogen-bond donors (Lipinski definition) is 0. The number of hydrogen-bond acceptors (Lipinski definition) is 2. The fourth-order valence-electron chi connectivity index (χ4n) is 0.761. The van der Waals surface area contributed by atoms with Crippen molar-refractivity contribution in [3.63, 3.8) is 0 Å². The van der Waals surface area contributed by atoms with Gasteiger partial charge in [0, 0.05) is 0 Å². The molecule has 1 atom stereocenters. The van der Waals surface area contributed by atoms with Crippen LogP contribution in [0.2, 0.25) is 19.6 Å². The van der Waals surface area contributed by atoms with Gasteiger partial charge >= 0.3 is 0 Å². The molecule has 1 aromatic carbocycles. The Kier molecular flexibility index (Phi) is 3.39. The molecule has 0 fully saturated rings. The van der Waals surface area contributed by atoms with E-state index in [1.165, 1.54) is 0 Å². The van der Waals surface area contributed by atoms with Gasteiger partial charge in [-0.05, 0) is 22.8 Å². The van der Waals surface area contributed by atoms with Gasteiger partial charge in [-0.1, -0.05) is 37.8 Å². The minimum absolute atomic E-state index is 0.690. The van der Waals surface area contributed by atoms with E-state index in [2.05, 4.69) is 4.36 Å².